The highest BCUT2D eigenvalue weighted by Crippen LogP contribution is 2.38. The lowest BCUT2D eigenvalue weighted by atomic mass is 9.74. The monoisotopic (exact) mass is 261 g/mol. The van der Waals surface area contributed by atoms with Gasteiger partial charge in [-0.05, 0) is 28.4 Å². The van der Waals surface area contributed by atoms with E-state index in [0.29, 0.717) is 12.3 Å². The van der Waals surface area contributed by atoms with E-state index in [1.54, 1.807) is 7.05 Å². The van der Waals surface area contributed by atoms with Crippen molar-refractivity contribution in [1.29, 1.82) is 0 Å². The number of benzene rings is 1. The molecule has 2 nitrogen and oxygen atoms in total. The first-order valence-electron chi connectivity index (χ1n) is 7.06. The summed E-state index contributed by atoms with van der Waals surface area (Å²) in [5.74, 6) is 0.891. The molecule has 1 aromatic carbocycles. The Morgan fingerprint density at radius 3 is 1.95 bits per heavy atom. The van der Waals surface area contributed by atoms with Crippen LogP contribution in [0.4, 0.5) is 0 Å². The zero-order chi connectivity index (χ0) is 14.6. The first-order valence-corrected chi connectivity index (χ1v) is 7.06. The molecule has 0 aromatic heterocycles. The highest BCUT2D eigenvalue weighted by molar-refractivity contribution is 5.76. The summed E-state index contributed by atoms with van der Waals surface area (Å²) in [5.41, 5.74) is 2.67. The first-order chi connectivity index (χ1) is 8.75. The van der Waals surface area contributed by atoms with Gasteiger partial charge in [-0.25, -0.2) is 0 Å². The van der Waals surface area contributed by atoms with Gasteiger partial charge in [0.1, 0.15) is 0 Å². The molecule has 1 atom stereocenters. The van der Waals surface area contributed by atoms with Crippen molar-refractivity contribution in [3.63, 3.8) is 0 Å². The van der Waals surface area contributed by atoms with E-state index >= 15 is 0 Å². The lowest BCUT2D eigenvalue weighted by molar-refractivity contribution is -0.121. The van der Waals surface area contributed by atoms with Crippen LogP contribution in [0.2, 0.25) is 0 Å². The average Bonchev–Trinajstić information content (AvgIpc) is 2.34. The van der Waals surface area contributed by atoms with Gasteiger partial charge in [0.15, 0.2) is 0 Å². The molecule has 0 heterocycles. The van der Waals surface area contributed by atoms with Crippen molar-refractivity contribution in [2.75, 3.05) is 7.05 Å². The molecule has 0 aliphatic rings. The largest absolute Gasteiger partial charge is 0.359 e. The predicted molar refractivity (Wildman–Crippen MR) is 81.4 cm³/mol. The third-order valence-electron chi connectivity index (χ3n) is 3.72. The smallest absolute Gasteiger partial charge is 0.220 e. The second-order valence-corrected chi connectivity index (χ2v) is 6.62. The molecule has 0 bridgehead atoms. The van der Waals surface area contributed by atoms with E-state index in [1.807, 2.05) is 0 Å². The summed E-state index contributed by atoms with van der Waals surface area (Å²) in [6.45, 7) is 11.0. The molecule has 19 heavy (non-hydrogen) atoms. The van der Waals surface area contributed by atoms with Gasteiger partial charge in [0, 0.05) is 13.5 Å². The Morgan fingerprint density at radius 1 is 1.11 bits per heavy atom. The van der Waals surface area contributed by atoms with Crippen LogP contribution < -0.4 is 5.32 Å². The zero-order valence-electron chi connectivity index (χ0n) is 13.1. The van der Waals surface area contributed by atoms with Crippen LogP contribution in [0, 0.1) is 5.41 Å². The van der Waals surface area contributed by atoms with Gasteiger partial charge in [0.25, 0.3) is 0 Å². The van der Waals surface area contributed by atoms with Crippen LogP contribution in [-0.2, 0) is 4.79 Å². The van der Waals surface area contributed by atoms with Crippen molar-refractivity contribution in [1.82, 2.24) is 5.32 Å². The second kappa shape index (κ2) is 6.23. The number of nitrogens with one attached hydrogen (secondary N) is 1. The van der Waals surface area contributed by atoms with E-state index in [2.05, 4.69) is 64.2 Å². The summed E-state index contributed by atoms with van der Waals surface area (Å²) in [5, 5.41) is 2.73. The quantitative estimate of drug-likeness (QED) is 0.869. The lowest BCUT2D eigenvalue weighted by Gasteiger charge is -2.31. The van der Waals surface area contributed by atoms with Crippen molar-refractivity contribution in [2.45, 2.75) is 52.9 Å². The SMILES string of the molecule is CNC(=O)CC(c1ccc(C(C)C)cc1)C(C)(C)C. The fourth-order valence-electron chi connectivity index (χ4n) is 2.32. The van der Waals surface area contributed by atoms with Gasteiger partial charge in [0.05, 0.1) is 0 Å². The fourth-order valence-corrected chi connectivity index (χ4v) is 2.32. The Labute approximate surface area is 117 Å². The lowest BCUT2D eigenvalue weighted by Crippen LogP contribution is -2.27. The summed E-state index contributed by atoms with van der Waals surface area (Å²) < 4.78 is 0. The van der Waals surface area contributed by atoms with Crippen molar-refractivity contribution >= 4 is 5.91 Å². The molecule has 0 fully saturated rings. The van der Waals surface area contributed by atoms with Gasteiger partial charge >= 0.3 is 0 Å². The second-order valence-electron chi connectivity index (χ2n) is 6.62. The van der Waals surface area contributed by atoms with Gasteiger partial charge in [0.2, 0.25) is 5.91 Å². The van der Waals surface area contributed by atoms with Crippen LogP contribution in [0.25, 0.3) is 0 Å². The highest BCUT2D eigenvalue weighted by Gasteiger charge is 2.28. The minimum absolute atomic E-state index is 0.0753. The van der Waals surface area contributed by atoms with Crippen LogP contribution in [0.1, 0.15) is 64.0 Å². The Kier molecular flexibility index (Phi) is 5.16. The van der Waals surface area contributed by atoms with Crippen LogP contribution in [0.5, 0.6) is 0 Å². The zero-order valence-corrected chi connectivity index (χ0v) is 13.1. The molecule has 1 aromatic rings. The van der Waals surface area contributed by atoms with Gasteiger partial charge in [-0.1, -0.05) is 58.9 Å². The summed E-state index contributed by atoms with van der Waals surface area (Å²) >= 11 is 0. The molecule has 1 amide bonds. The summed E-state index contributed by atoms with van der Waals surface area (Å²) in [6.07, 6.45) is 0.543. The summed E-state index contributed by atoms with van der Waals surface area (Å²) in [6, 6.07) is 8.72. The molecule has 1 N–H and O–H groups in total. The Bertz CT molecular complexity index is 412. The molecule has 106 valence electrons. The Hall–Kier alpha value is -1.31. The third kappa shape index (κ3) is 4.38. The molecule has 0 spiro atoms. The number of carbonyl (C=O) groups excluding carboxylic acids is 1. The highest BCUT2D eigenvalue weighted by atomic mass is 16.1. The van der Waals surface area contributed by atoms with E-state index in [0.717, 1.165) is 0 Å². The molecular weight excluding hydrogens is 234 g/mol. The minimum Gasteiger partial charge on any atom is -0.359 e. The Balaban J connectivity index is 3.01. The van der Waals surface area contributed by atoms with Crippen LogP contribution >= 0.6 is 0 Å². The maximum atomic E-state index is 11.7. The van der Waals surface area contributed by atoms with Crippen LogP contribution in [0.3, 0.4) is 0 Å². The first kappa shape index (κ1) is 15.7. The van der Waals surface area contributed by atoms with E-state index in [-0.39, 0.29) is 17.2 Å². The number of rotatable bonds is 4. The van der Waals surface area contributed by atoms with Crippen LogP contribution in [-0.4, -0.2) is 13.0 Å². The summed E-state index contributed by atoms with van der Waals surface area (Å²) in [4.78, 5) is 11.7. The van der Waals surface area contributed by atoms with Gasteiger partial charge in [-0.15, -0.1) is 0 Å². The summed E-state index contributed by atoms with van der Waals surface area (Å²) in [7, 11) is 1.70. The third-order valence-corrected chi connectivity index (χ3v) is 3.72. The molecule has 1 rings (SSSR count). The van der Waals surface area contributed by atoms with E-state index in [1.165, 1.54) is 11.1 Å². The van der Waals surface area contributed by atoms with Crippen LogP contribution in [0.15, 0.2) is 24.3 Å². The Morgan fingerprint density at radius 2 is 1.58 bits per heavy atom. The van der Waals surface area contributed by atoms with Crippen molar-refractivity contribution < 1.29 is 4.79 Å². The fraction of sp³-hybridized carbons (Fsp3) is 0.588. The molecule has 1 unspecified atom stereocenters. The van der Waals surface area contributed by atoms with Gasteiger partial charge in [-0.3, -0.25) is 4.79 Å². The average molecular weight is 261 g/mol. The van der Waals surface area contributed by atoms with E-state index in [4.69, 9.17) is 0 Å². The minimum atomic E-state index is 0.0753. The molecule has 0 aliphatic heterocycles. The normalized spacial score (nSPS) is 13.4. The van der Waals surface area contributed by atoms with E-state index < -0.39 is 0 Å². The van der Waals surface area contributed by atoms with E-state index in [9.17, 15) is 4.79 Å². The molecule has 0 saturated heterocycles. The molecule has 2 heteroatoms. The number of hydrogen-bond donors (Lipinski definition) is 1. The predicted octanol–water partition coefficient (Wildman–Crippen LogP) is 4.08. The number of carbonyl (C=O) groups is 1. The van der Waals surface area contributed by atoms with Crippen molar-refractivity contribution in [2.24, 2.45) is 5.41 Å². The maximum Gasteiger partial charge on any atom is 0.220 e. The topological polar surface area (TPSA) is 29.1 Å². The standard InChI is InChI=1S/C17H27NO/c1-12(2)13-7-9-14(10-8-13)15(17(3,4)5)11-16(19)18-6/h7-10,12,15H,11H2,1-6H3,(H,18,19). The molecular formula is C17H27NO. The van der Waals surface area contributed by atoms with Crippen molar-refractivity contribution in [3.05, 3.63) is 35.4 Å². The van der Waals surface area contributed by atoms with Gasteiger partial charge in [-0.2, -0.15) is 0 Å². The van der Waals surface area contributed by atoms with Crippen molar-refractivity contribution in [3.8, 4) is 0 Å². The molecule has 0 saturated carbocycles. The number of hydrogen-bond acceptors (Lipinski definition) is 1. The molecule has 0 radical (unpaired) electrons. The van der Waals surface area contributed by atoms with Gasteiger partial charge < -0.3 is 5.32 Å². The number of amides is 1. The molecule has 0 aliphatic carbocycles. The maximum absolute atomic E-state index is 11.7.